The first-order chi connectivity index (χ1) is 10.3. The number of aryl methyl sites for hydroxylation is 1. The fourth-order valence-corrected chi connectivity index (χ4v) is 2.84. The zero-order chi connectivity index (χ0) is 16.5. The molecule has 1 atom stereocenters. The van der Waals surface area contributed by atoms with Gasteiger partial charge in [0.2, 0.25) is 0 Å². The summed E-state index contributed by atoms with van der Waals surface area (Å²) in [5.74, 6) is -0.300. The average molecular weight is 308 g/mol. The first kappa shape index (κ1) is 16.7. The number of nitrogens with zero attached hydrogens (tertiary/aromatic N) is 2. The highest BCUT2D eigenvalue weighted by atomic mass is 16.3. The van der Waals surface area contributed by atoms with E-state index in [0.29, 0.717) is 32.4 Å². The number of rotatable bonds is 2. The second-order valence-electron chi connectivity index (χ2n) is 6.22. The Labute approximate surface area is 130 Å². The molecule has 0 bridgehead atoms. The van der Waals surface area contributed by atoms with E-state index in [-0.39, 0.29) is 23.6 Å². The number of amides is 1. The van der Waals surface area contributed by atoms with Crippen LogP contribution in [0, 0.1) is 13.8 Å². The maximum atomic E-state index is 12.7. The van der Waals surface area contributed by atoms with Crippen molar-refractivity contribution in [2.75, 3.05) is 19.7 Å². The van der Waals surface area contributed by atoms with Gasteiger partial charge in [-0.25, -0.2) is 0 Å². The summed E-state index contributed by atoms with van der Waals surface area (Å²) in [4.78, 5) is 26.6. The van der Waals surface area contributed by atoms with Crippen molar-refractivity contribution in [2.45, 2.75) is 38.7 Å². The van der Waals surface area contributed by atoms with Crippen LogP contribution in [0.5, 0.6) is 0 Å². The van der Waals surface area contributed by atoms with Gasteiger partial charge in [-0.1, -0.05) is 0 Å². The third-order valence-electron chi connectivity index (χ3n) is 4.70. The van der Waals surface area contributed by atoms with Crippen LogP contribution in [0.2, 0.25) is 0 Å². The van der Waals surface area contributed by atoms with Gasteiger partial charge in [0.05, 0.1) is 12.2 Å². The first-order valence-electron chi connectivity index (χ1n) is 7.59. The second-order valence-corrected chi connectivity index (χ2v) is 6.22. The van der Waals surface area contributed by atoms with Gasteiger partial charge in [0.25, 0.3) is 11.5 Å². The quantitative estimate of drug-likeness (QED) is 0.826. The summed E-state index contributed by atoms with van der Waals surface area (Å²) in [5, 5.41) is 19.4. The monoisotopic (exact) mass is 308 g/mol. The first-order valence-corrected chi connectivity index (χ1v) is 7.59. The van der Waals surface area contributed by atoms with Gasteiger partial charge in [0.1, 0.15) is 5.56 Å². The SMILES string of the molecule is Cc1cc(C(=O)N2CCC[C@](O)(CO)CC2)c(=O)n(C)c1C. The molecule has 122 valence electrons. The van der Waals surface area contributed by atoms with Crippen molar-refractivity contribution in [1.82, 2.24) is 9.47 Å². The van der Waals surface area contributed by atoms with Gasteiger partial charge < -0.3 is 19.7 Å². The van der Waals surface area contributed by atoms with Crippen molar-refractivity contribution in [3.05, 3.63) is 33.2 Å². The molecule has 6 heteroatoms. The second kappa shape index (κ2) is 6.22. The Balaban J connectivity index is 2.28. The van der Waals surface area contributed by atoms with E-state index in [1.54, 1.807) is 18.0 Å². The van der Waals surface area contributed by atoms with Gasteiger partial charge in [-0.05, 0) is 44.7 Å². The van der Waals surface area contributed by atoms with Gasteiger partial charge >= 0.3 is 0 Å². The lowest BCUT2D eigenvalue weighted by atomic mass is 9.96. The van der Waals surface area contributed by atoms with E-state index >= 15 is 0 Å². The van der Waals surface area contributed by atoms with Gasteiger partial charge in [0, 0.05) is 25.8 Å². The van der Waals surface area contributed by atoms with E-state index in [1.165, 1.54) is 4.57 Å². The number of aromatic nitrogens is 1. The van der Waals surface area contributed by atoms with Crippen molar-refractivity contribution >= 4 is 5.91 Å². The Bertz CT molecular complexity index is 638. The maximum Gasteiger partial charge on any atom is 0.263 e. The lowest BCUT2D eigenvalue weighted by molar-refractivity contribution is -0.0250. The Morgan fingerprint density at radius 2 is 2.00 bits per heavy atom. The maximum absolute atomic E-state index is 12.7. The van der Waals surface area contributed by atoms with Crippen LogP contribution in [-0.2, 0) is 7.05 Å². The van der Waals surface area contributed by atoms with E-state index in [9.17, 15) is 19.8 Å². The van der Waals surface area contributed by atoms with Crippen molar-refractivity contribution < 1.29 is 15.0 Å². The summed E-state index contributed by atoms with van der Waals surface area (Å²) in [7, 11) is 1.66. The number of likely N-dealkylation sites (tertiary alicyclic amines) is 1. The van der Waals surface area contributed by atoms with Crippen molar-refractivity contribution in [1.29, 1.82) is 0 Å². The summed E-state index contributed by atoms with van der Waals surface area (Å²) in [5.41, 5.74) is 0.484. The Morgan fingerprint density at radius 1 is 1.32 bits per heavy atom. The van der Waals surface area contributed by atoms with Crippen LogP contribution in [-0.4, -0.2) is 50.9 Å². The molecular weight excluding hydrogens is 284 g/mol. The summed E-state index contributed by atoms with van der Waals surface area (Å²) >= 11 is 0. The van der Waals surface area contributed by atoms with Crippen molar-refractivity contribution in [3.8, 4) is 0 Å². The molecule has 0 aliphatic carbocycles. The van der Waals surface area contributed by atoms with E-state index in [0.717, 1.165) is 11.3 Å². The zero-order valence-electron chi connectivity index (χ0n) is 13.4. The molecule has 22 heavy (non-hydrogen) atoms. The fourth-order valence-electron chi connectivity index (χ4n) is 2.84. The van der Waals surface area contributed by atoms with Gasteiger partial charge in [-0.3, -0.25) is 9.59 Å². The number of carbonyl (C=O) groups is 1. The van der Waals surface area contributed by atoms with E-state index in [1.807, 2.05) is 13.8 Å². The lowest BCUT2D eigenvalue weighted by Gasteiger charge is -2.24. The minimum Gasteiger partial charge on any atom is -0.393 e. The highest BCUT2D eigenvalue weighted by Gasteiger charge is 2.31. The number of aliphatic hydroxyl groups is 2. The minimum atomic E-state index is -1.12. The highest BCUT2D eigenvalue weighted by molar-refractivity contribution is 5.94. The molecule has 0 aromatic carbocycles. The molecule has 1 aliphatic heterocycles. The predicted octanol–water partition coefficient (Wildman–Crippen LogP) is 0.352. The third kappa shape index (κ3) is 3.08. The molecule has 1 amide bonds. The van der Waals surface area contributed by atoms with Crippen LogP contribution in [0.15, 0.2) is 10.9 Å². The smallest absolute Gasteiger partial charge is 0.263 e. The number of carbonyl (C=O) groups excluding carboxylic acids is 1. The van der Waals surface area contributed by atoms with Crippen LogP contribution >= 0.6 is 0 Å². The summed E-state index contributed by atoms with van der Waals surface area (Å²) in [6.07, 6.45) is 1.38. The highest BCUT2D eigenvalue weighted by Crippen LogP contribution is 2.22. The molecule has 2 N–H and O–H groups in total. The predicted molar refractivity (Wildman–Crippen MR) is 82.9 cm³/mol. The van der Waals surface area contributed by atoms with Crippen LogP contribution in [0.4, 0.5) is 0 Å². The van der Waals surface area contributed by atoms with E-state index in [2.05, 4.69) is 0 Å². The topological polar surface area (TPSA) is 82.8 Å². The third-order valence-corrected chi connectivity index (χ3v) is 4.70. The average Bonchev–Trinajstić information content (AvgIpc) is 2.71. The number of aliphatic hydroxyl groups excluding tert-OH is 1. The zero-order valence-corrected chi connectivity index (χ0v) is 13.4. The molecule has 1 saturated heterocycles. The molecule has 1 aromatic rings. The fraction of sp³-hybridized carbons (Fsp3) is 0.625. The van der Waals surface area contributed by atoms with Crippen molar-refractivity contribution in [3.63, 3.8) is 0 Å². The number of hydrogen-bond acceptors (Lipinski definition) is 4. The lowest BCUT2D eigenvalue weighted by Crippen LogP contribution is -2.39. The molecule has 6 nitrogen and oxygen atoms in total. The molecule has 0 spiro atoms. The van der Waals surface area contributed by atoms with Gasteiger partial charge in [-0.15, -0.1) is 0 Å². The molecule has 1 aromatic heterocycles. The number of hydrogen-bond donors (Lipinski definition) is 2. The number of pyridine rings is 1. The van der Waals surface area contributed by atoms with Crippen molar-refractivity contribution in [2.24, 2.45) is 7.05 Å². The van der Waals surface area contributed by atoms with Gasteiger partial charge in [0.15, 0.2) is 0 Å². The van der Waals surface area contributed by atoms with E-state index < -0.39 is 5.60 Å². The Morgan fingerprint density at radius 3 is 2.64 bits per heavy atom. The molecule has 2 heterocycles. The molecule has 0 radical (unpaired) electrons. The Kier molecular flexibility index (Phi) is 4.72. The minimum absolute atomic E-state index is 0.167. The van der Waals surface area contributed by atoms with Crippen LogP contribution in [0.3, 0.4) is 0 Å². The summed E-state index contributed by atoms with van der Waals surface area (Å²) in [6.45, 7) is 4.24. The Hall–Kier alpha value is -1.66. The standard InChI is InChI=1S/C16H24N2O4/c1-11-9-13(14(20)17(3)12(11)2)15(21)18-7-4-5-16(22,10-19)6-8-18/h9,19,22H,4-8,10H2,1-3H3/t16-/m1/s1. The van der Waals surface area contributed by atoms with Crippen LogP contribution < -0.4 is 5.56 Å². The molecule has 0 saturated carbocycles. The van der Waals surface area contributed by atoms with Crippen LogP contribution in [0.25, 0.3) is 0 Å². The van der Waals surface area contributed by atoms with Gasteiger partial charge in [-0.2, -0.15) is 0 Å². The summed E-state index contributed by atoms with van der Waals surface area (Å²) in [6, 6.07) is 1.64. The molecule has 1 fully saturated rings. The molecular formula is C16H24N2O4. The van der Waals surface area contributed by atoms with Crippen LogP contribution in [0.1, 0.15) is 40.9 Å². The summed E-state index contributed by atoms with van der Waals surface area (Å²) < 4.78 is 1.49. The normalized spacial score (nSPS) is 22.5. The molecule has 1 aliphatic rings. The molecule has 2 rings (SSSR count). The van der Waals surface area contributed by atoms with E-state index in [4.69, 9.17) is 0 Å². The molecule has 0 unspecified atom stereocenters. The largest absolute Gasteiger partial charge is 0.393 e.